The Morgan fingerprint density at radius 1 is 1.00 bits per heavy atom. The molecule has 1 saturated heterocycles. The molecule has 1 atom stereocenters. The van der Waals surface area contributed by atoms with Gasteiger partial charge in [0.1, 0.15) is 5.82 Å². The van der Waals surface area contributed by atoms with Gasteiger partial charge in [-0.15, -0.1) is 0 Å². The molecule has 0 saturated carbocycles. The Balaban J connectivity index is 1.53. The van der Waals surface area contributed by atoms with Gasteiger partial charge in [-0.3, -0.25) is 9.69 Å². The van der Waals surface area contributed by atoms with E-state index in [0.717, 1.165) is 18.7 Å². The predicted octanol–water partition coefficient (Wildman–Crippen LogP) is 3.71. The summed E-state index contributed by atoms with van der Waals surface area (Å²) in [5, 5.41) is 5.49. The van der Waals surface area contributed by atoms with E-state index in [1.54, 1.807) is 12.1 Å². The molecule has 0 bridgehead atoms. The number of carbonyl (C=O) groups excluding carboxylic acids is 1. The Hall–Kier alpha value is -2.76. The fourth-order valence-electron chi connectivity index (χ4n) is 3.93. The lowest BCUT2D eigenvalue weighted by Crippen LogP contribution is -2.44. The van der Waals surface area contributed by atoms with Crippen LogP contribution in [0.25, 0.3) is 10.8 Å². The first kappa shape index (κ1) is 19.6. The minimum atomic E-state index is -0.294. The van der Waals surface area contributed by atoms with Gasteiger partial charge in [-0.25, -0.2) is 4.39 Å². The van der Waals surface area contributed by atoms with Crippen molar-refractivity contribution in [3.63, 3.8) is 0 Å². The van der Waals surface area contributed by atoms with Crippen molar-refractivity contribution in [2.24, 2.45) is 0 Å². The molecule has 0 radical (unpaired) electrons. The second-order valence-corrected chi connectivity index (χ2v) is 7.34. The maximum absolute atomic E-state index is 13.1. The van der Waals surface area contributed by atoms with E-state index in [4.69, 9.17) is 4.74 Å². The van der Waals surface area contributed by atoms with E-state index in [-0.39, 0.29) is 24.2 Å². The van der Waals surface area contributed by atoms with Crippen LogP contribution in [0.4, 0.5) is 4.39 Å². The van der Waals surface area contributed by atoms with Gasteiger partial charge in [0.2, 0.25) is 5.91 Å². The molecule has 4 nitrogen and oxygen atoms in total. The molecule has 4 rings (SSSR count). The van der Waals surface area contributed by atoms with Gasteiger partial charge in [-0.05, 0) is 34.0 Å². The monoisotopic (exact) mass is 392 g/mol. The summed E-state index contributed by atoms with van der Waals surface area (Å²) >= 11 is 0. The number of fused-ring (bicyclic) bond motifs is 1. The first-order valence-electron chi connectivity index (χ1n) is 10.0. The molecule has 1 aliphatic heterocycles. The number of ether oxygens (including phenoxy) is 1. The Morgan fingerprint density at radius 3 is 2.52 bits per heavy atom. The molecule has 0 aliphatic carbocycles. The Morgan fingerprint density at radius 2 is 1.72 bits per heavy atom. The van der Waals surface area contributed by atoms with Crippen LogP contribution >= 0.6 is 0 Å². The van der Waals surface area contributed by atoms with E-state index < -0.39 is 0 Å². The van der Waals surface area contributed by atoms with Gasteiger partial charge < -0.3 is 10.1 Å². The van der Waals surface area contributed by atoms with Gasteiger partial charge in [-0.2, -0.15) is 0 Å². The topological polar surface area (TPSA) is 41.6 Å². The molecule has 0 aromatic heterocycles. The number of rotatable bonds is 6. The Kier molecular flexibility index (Phi) is 6.17. The van der Waals surface area contributed by atoms with Crippen LogP contribution in [0.1, 0.15) is 17.2 Å². The van der Waals surface area contributed by atoms with E-state index >= 15 is 0 Å². The summed E-state index contributed by atoms with van der Waals surface area (Å²) in [4.78, 5) is 14.9. The molecule has 0 spiro atoms. The lowest BCUT2D eigenvalue weighted by molar-refractivity contribution is -0.120. The minimum Gasteiger partial charge on any atom is -0.379 e. The second kappa shape index (κ2) is 9.16. The number of nitrogens with zero attached hydrogens (tertiary/aromatic N) is 1. The second-order valence-electron chi connectivity index (χ2n) is 7.34. The Labute approximate surface area is 170 Å². The van der Waals surface area contributed by atoms with Gasteiger partial charge in [0.25, 0.3) is 0 Å². The van der Waals surface area contributed by atoms with Crippen molar-refractivity contribution in [1.29, 1.82) is 0 Å². The first-order chi connectivity index (χ1) is 14.2. The van der Waals surface area contributed by atoms with Crippen LogP contribution in [-0.4, -0.2) is 43.7 Å². The van der Waals surface area contributed by atoms with Crippen molar-refractivity contribution in [2.75, 3.05) is 32.8 Å². The van der Waals surface area contributed by atoms with E-state index in [2.05, 4.69) is 46.6 Å². The summed E-state index contributed by atoms with van der Waals surface area (Å²) in [6.07, 6.45) is 0.242. The number of hydrogen-bond donors (Lipinski definition) is 1. The maximum atomic E-state index is 13.1. The van der Waals surface area contributed by atoms with Gasteiger partial charge in [0.15, 0.2) is 0 Å². The number of morpholine rings is 1. The number of carbonyl (C=O) groups is 1. The molecule has 3 aromatic carbocycles. The average molecular weight is 392 g/mol. The number of benzene rings is 3. The largest absolute Gasteiger partial charge is 0.379 e. The van der Waals surface area contributed by atoms with Crippen molar-refractivity contribution in [3.8, 4) is 0 Å². The molecule has 1 heterocycles. The quantitative estimate of drug-likeness (QED) is 0.695. The van der Waals surface area contributed by atoms with Crippen LogP contribution in [0.5, 0.6) is 0 Å². The Bertz CT molecular complexity index is 963. The van der Waals surface area contributed by atoms with Crippen LogP contribution in [0, 0.1) is 5.82 Å². The molecule has 5 heteroatoms. The first-order valence-corrected chi connectivity index (χ1v) is 10.0. The van der Waals surface area contributed by atoms with Crippen LogP contribution in [0.2, 0.25) is 0 Å². The summed E-state index contributed by atoms with van der Waals surface area (Å²) in [6, 6.07) is 20.8. The van der Waals surface area contributed by atoms with E-state index in [9.17, 15) is 9.18 Å². The molecular formula is C24H25FN2O2. The van der Waals surface area contributed by atoms with Gasteiger partial charge in [0, 0.05) is 19.6 Å². The standard InChI is InChI=1S/C24H25FN2O2/c25-20-10-8-18(9-11-20)16-24(28)26-17-23(27-12-14-29-15-13-27)22-7-3-5-19-4-1-2-6-21(19)22/h1-11,23H,12-17H2,(H,26,28)/t23-/m0/s1. The van der Waals surface area contributed by atoms with E-state index in [1.807, 2.05) is 6.07 Å². The summed E-state index contributed by atoms with van der Waals surface area (Å²) < 4.78 is 18.6. The van der Waals surface area contributed by atoms with Gasteiger partial charge in [0.05, 0.1) is 25.7 Å². The molecule has 1 amide bonds. The van der Waals surface area contributed by atoms with Gasteiger partial charge >= 0.3 is 0 Å². The van der Waals surface area contributed by atoms with Crippen LogP contribution in [0.15, 0.2) is 66.7 Å². The summed E-state index contributed by atoms with van der Waals surface area (Å²) in [5.74, 6) is -0.354. The van der Waals surface area contributed by atoms with E-state index in [0.29, 0.717) is 19.8 Å². The highest BCUT2D eigenvalue weighted by atomic mass is 19.1. The zero-order chi connectivity index (χ0) is 20.1. The SMILES string of the molecule is O=C(Cc1ccc(F)cc1)NC[C@@H](c1cccc2ccccc12)N1CCOCC1. The van der Waals surface area contributed by atoms with Crippen molar-refractivity contribution < 1.29 is 13.9 Å². The maximum Gasteiger partial charge on any atom is 0.224 e. The lowest BCUT2D eigenvalue weighted by Gasteiger charge is -2.35. The van der Waals surface area contributed by atoms with Crippen molar-refractivity contribution in [1.82, 2.24) is 10.2 Å². The fraction of sp³-hybridized carbons (Fsp3) is 0.292. The molecule has 1 N–H and O–H groups in total. The van der Waals surface area contributed by atoms with Crippen molar-refractivity contribution in [3.05, 3.63) is 83.7 Å². The zero-order valence-corrected chi connectivity index (χ0v) is 16.3. The zero-order valence-electron chi connectivity index (χ0n) is 16.3. The third-order valence-electron chi connectivity index (χ3n) is 5.44. The smallest absolute Gasteiger partial charge is 0.224 e. The van der Waals surface area contributed by atoms with Crippen molar-refractivity contribution in [2.45, 2.75) is 12.5 Å². The third-order valence-corrected chi connectivity index (χ3v) is 5.44. The number of hydrogen-bond acceptors (Lipinski definition) is 3. The fourth-order valence-corrected chi connectivity index (χ4v) is 3.93. The van der Waals surface area contributed by atoms with Crippen molar-refractivity contribution >= 4 is 16.7 Å². The molecule has 0 unspecified atom stereocenters. The summed E-state index contributed by atoms with van der Waals surface area (Å²) in [6.45, 7) is 3.59. The molecule has 3 aromatic rings. The van der Waals surface area contributed by atoms with Crippen LogP contribution in [0.3, 0.4) is 0 Å². The van der Waals surface area contributed by atoms with Crippen LogP contribution < -0.4 is 5.32 Å². The average Bonchev–Trinajstić information content (AvgIpc) is 2.76. The number of nitrogens with one attached hydrogen (secondary N) is 1. The molecule has 1 fully saturated rings. The summed E-state index contributed by atoms with van der Waals surface area (Å²) in [7, 11) is 0. The normalized spacial score (nSPS) is 15.9. The van der Waals surface area contributed by atoms with E-state index in [1.165, 1.54) is 28.5 Å². The predicted molar refractivity (Wildman–Crippen MR) is 112 cm³/mol. The summed E-state index contributed by atoms with van der Waals surface area (Å²) in [5.41, 5.74) is 2.02. The van der Waals surface area contributed by atoms with Crippen LogP contribution in [-0.2, 0) is 16.0 Å². The number of halogens is 1. The molecule has 29 heavy (non-hydrogen) atoms. The lowest BCUT2D eigenvalue weighted by atomic mass is 9.97. The number of amides is 1. The molecule has 1 aliphatic rings. The minimum absolute atomic E-state index is 0.0601. The third kappa shape index (κ3) is 4.81. The highest BCUT2D eigenvalue weighted by Gasteiger charge is 2.24. The highest BCUT2D eigenvalue weighted by molar-refractivity contribution is 5.86. The van der Waals surface area contributed by atoms with Gasteiger partial charge in [-0.1, -0.05) is 54.6 Å². The molecule has 150 valence electrons. The molecular weight excluding hydrogens is 367 g/mol. The highest BCUT2D eigenvalue weighted by Crippen LogP contribution is 2.28.